The Hall–Kier alpha value is -2.23. The van der Waals surface area contributed by atoms with Gasteiger partial charge in [-0.25, -0.2) is 13.6 Å². The van der Waals surface area contributed by atoms with Crippen molar-refractivity contribution in [2.24, 2.45) is 0 Å². The third kappa shape index (κ3) is 2.62. The van der Waals surface area contributed by atoms with Crippen LogP contribution in [-0.2, 0) is 9.53 Å². The first-order valence-corrected chi connectivity index (χ1v) is 5.67. The van der Waals surface area contributed by atoms with Gasteiger partial charge in [-0.15, -0.1) is 0 Å². The van der Waals surface area contributed by atoms with Gasteiger partial charge in [-0.05, 0) is 30.0 Å². The summed E-state index contributed by atoms with van der Waals surface area (Å²) in [4.78, 5) is 11.0. The van der Waals surface area contributed by atoms with Crippen molar-refractivity contribution in [1.29, 1.82) is 0 Å². The number of fused-ring (bicyclic) bond motifs is 1. The molecule has 0 aromatic heterocycles. The largest absolute Gasteiger partial charge is 0.466 e. The molecule has 0 saturated heterocycles. The highest BCUT2D eigenvalue weighted by Gasteiger charge is 2.11. The number of halogens is 2. The maximum absolute atomic E-state index is 14.2. The monoisotopic (exact) mass is 262 g/mol. The Kier molecular flexibility index (Phi) is 3.60. The fourth-order valence-electron chi connectivity index (χ4n) is 1.88. The van der Waals surface area contributed by atoms with E-state index in [0.717, 1.165) is 11.6 Å². The molecule has 2 aromatic rings. The van der Waals surface area contributed by atoms with E-state index in [1.165, 1.54) is 25.3 Å². The van der Waals surface area contributed by atoms with E-state index in [-0.39, 0.29) is 10.9 Å². The smallest absolute Gasteiger partial charge is 0.330 e. The molecule has 0 aliphatic carbocycles. The maximum atomic E-state index is 14.2. The van der Waals surface area contributed by atoms with Gasteiger partial charge in [0.2, 0.25) is 0 Å². The average molecular weight is 262 g/mol. The molecule has 2 rings (SSSR count). The number of carbonyl (C=O) groups excluding carboxylic acids is 1. The van der Waals surface area contributed by atoms with Crippen LogP contribution in [0.3, 0.4) is 0 Å². The normalized spacial score (nSPS) is 11.2. The van der Waals surface area contributed by atoms with Crippen molar-refractivity contribution in [3.05, 3.63) is 53.1 Å². The molecule has 0 bridgehead atoms. The second kappa shape index (κ2) is 5.18. The number of carbonyl (C=O) groups is 1. The summed E-state index contributed by atoms with van der Waals surface area (Å²) in [6.45, 7) is 1.74. The molecule has 98 valence electrons. The van der Waals surface area contributed by atoms with Gasteiger partial charge in [0.05, 0.1) is 12.5 Å². The molecule has 2 aromatic carbocycles. The maximum Gasteiger partial charge on any atom is 0.330 e. The van der Waals surface area contributed by atoms with E-state index in [9.17, 15) is 13.6 Å². The van der Waals surface area contributed by atoms with Gasteiger partial charge in [0, 0.05) is 11.6 Å². The number of benzene rings is 2. The lowest BCUT2D eigenvalue weighted by atomic mass is 10.0. The van der Waals surface area contributed by atoms with Crippen LogP contribution in [0.15, 0.2) is 30.3 Å². The van der Waals surface area contributed by atoms with E-state index in [2.05, 4.69) is 4.74 Å². The molecule has 0 radical (unpaired) electrons. The molecule has 0 amide bonds. The zero-order valence-corrected chi connectivity index (χ0v) is 10.5. The van der Waals surface area contributed by atoms with E-state index < -0.39 is 17.6 Å². The van der Waals surface area contributed by atoms with Gasteiger partial charge in [-0.3, -0.25) is 0 Å². The van der Waals surface area contributed by atoms with Gasteiger partial charge in [-0.1, -0.05) is 18.2 Å². The molecule has 0 N–H and O–H groups in total. The second-order valence-electron chi connectivity index (χ2n) is 4.17. The van der Waals surface area contributed by atoms with Crippen LogP contribution >= 0.6 is 0 Å². The van der Waals surface area contributed by atoms with Crippen molar-refractivity contribution in [2.75, 3.05) is 7.11 Å². The number of esters is 1. The fourth-order valence-corrected chi connectivity index (χ4v) is 1.88. The van der Waals surface area contributed by atoms with Gasteiger partial charge < -0.3 is 4.74 Å². The molecule has 0 fully saturated rings. The first kappa shape index (κ1) is 13.2. The zero-order valence-electron chi connectivity index (χ0n) is 10.5. The van der Waals surface area contributed by atoms with E-state index in [4.69, 9.17) is 0 Å². The SMILES string of the molecule is COC(=O)C=Cc1ccc2cc(C)cc(F)c2c1F. The van der Waals surface area contributed by atoms with E-state index in [0.29, 0.717) is 5.39 Å². The first-order valence-electron chi connectivity index (χ1n) is 5.67. The predicted octanol–water partition coefficient (Wildman–Crippen LogP) is 3.61. The average Bonchev–Trinajstić information content (AvgIpc) is 2.36. The fraction of sp³-hybridized carbons (Fsp3) is 0.133. The second-order valence-corrected chi connectivity index (χ2v) is 4.17. The molecule has 0 aliphatic rings. The molecule has 19 heavy (non-hydrogen) atoms. The number of ether oxygens (including phenoxy) is 1. The van der Waals surface area contributed by atoms with E-state index >= 15 is 0 Å². The minimum Gasteiger partial charge on any atom is -0.466 e. The molecular weight excluding hydrogens is 250 g/mol. The van der Waals surface area contributed by atoms with E-state index in [1.807, 2.05) is 0 Å². The molecular formula is C15H12F2O2. The lowest BCUT2D eigenvalue weighted by molar-refractivity contribution is -0.134. The van der Waals surface area contributed by atoms with Crippen LogP contribution in [0, 0.1) is 18.6 Å². The number of rotatable bonds is 2. The molecule has 0 spiro atoms. The standard InChI is InChI=1S/C15H12F2O2/c1-9-7-11-4-3-10(5-6-13(18)19-2)15(17)14(11)12(16)8-9/h3-8H,1-2H3. The first-order chi connectivity index (χ1) is 9.02. The molecule has 0 saturated carbocycles. The Morgan fingerprint density at radius 1 is 1.26 bits per heavy atom. The van der Waals surface area contributed by atoms with Crippen molar-refractivity contribution in [1.82, 2.24) is 0 Å². The van der Waals surface area contributed by atoms with Gasteiger partial charge in [-0.2, -0.15) is 0 Å². The topological polar surface area (TPSA) is 26.3 Å². The Labute approximate surface area is 109 Å². The van der Waals surface area contributed by atoms with Crippen molar-refractivity contribution in [3.63, 3.8) is 0 Å². The molecule has 4 heteroatoms. The summed E-state index contributed by atoms with van der Waals surface area (Å²) in [6.07, 6.45) is 2.36. The third-order valence-corrected chi connectivity index (χ3v) is 2.78. The lowest BCUT2D eigenvalue weighted by Gasteiger charge is -2.05. The Bertz CT molecular complexity index is 675. The van der Waals surface area contributed by atoms with Gasteiger partial charge in [0.25, 0.3) is 0 Å². The van der Waals surface area contributed by atoms with Crippen molar-refractivity contribution in [3.8, 4) is 0 Å². The van der Waals surface area contributed by atoms with Crippen molar-refractivity contribution < 1.29 is 18.3 Å². The number of aryl methyl sites for hydroxylation is 1. The van der Waals surface area contributed by atoms with Gasteiger partial charge >= 0.3 is 5.97 Å². The summed E-state index contributed by atoms with van der Waals surface area (Å²) in [7, 11) is 1.23. The van der Waals surface area contributed by atoms with Crippen LogP contribution in [-0.4, -0.2) is 13.1 Å². The highest BCUT2D eigenvalue weighted by atomic mass is 19.1. The Morgan fingerprint density at radius 3 is 2.68 bits per heavy atom. The number of hydrogen-bond acceptors (Lipinski definition) is 2. The van der Waals surface area contributed by atoms with Crippen LogP contribution in [0.25, 0.3) is 16.8 Å². The summed E-state index contributed by atoms with van der Waals surface area (Å²) in [6, 6.07) is 6.09. The number of methoxy groups -OCH3 is 1. The summed E-state index contributed by atoms with van der Waals surface area (Å²) in [5, 5.41) is 0.419. The minimum atomic E-state index is -0.685. The minimum absolute atomic E-state index is 0.0717. The Balaban J connectivity index is 2.58. The molecule has 0 unspecified atom stereocenters. The van der Waals surface area contributed by atoms with Crippen molar-refractivity contribution in [2.45, 2.75) is 6.92 Å². The van der Waals surface area contributed by atoms with Crippen molar-refractivity contribution >= 4 is 22.8 Å². The Morgan fingerprint density at radius 2 is 2.00 bits per heavy atom. The lowest BCUT2D eigenvalue weighted by Crippen LogP contribution is -1.95. The molecule has 0 atom stereocenters. The van der Waals surface area contributed by atoms with Crippen LogP contribution in [0.5, 0.6) is 0 Å². The highest BCUT2D eigenvalue weighted by Crippen LogP contribution is 2.26. The molecule has 0 heterocycles. The van der Waals surface area contributed by atoms with Crippen LogP contribution < -0.4 is 0 Å². The van der Waals surface area contributed by atoms with E-state index in [1.54, 1.807) is 19.1 Å². The summed E-state index contributed by atoms with van der Waals surface area (Å²) < 4.78 is 32.4. The van der Waals surface area contributed by atoms with Crippen LogP contribution in [0.1, 0.15) is 11.1 Å². The summed E-state index contributed by atoms with van der Waals surface area (Å²) in [5.74, 6) is -1.89. The zero-order chi connectivity index (χ0) is 14.0. The van der Waals surface area contributed by atoms with Gasteiger partial charge in [0.15, 0.2) is 0 Å². The predicted molar refractivity (Wildman–Crippen MR) is 69.7 cm³/mol. The number of hydrogen-bond donors (Lipinski definition) is 0. The van der Waals surface area contributed by atoms with Gasteiger partial charge in [0.1, 0.15) is 11.6 Å². The van der Waals surface area contributed by atoms with Crippen LogP contribution in [0.2, 0.25) is 0 Å². The third-order valence-electron chi connectivity index (χ3n) is 2.78. The summed E-state index contributed by atoms with van der Waals surface area (Å²) >= 11 is 0. The van der Waals surface area contributed by atoms with Crippen LogP contribution in [0.4, 0.5) is 8.78 Å². The summed E-state index contributed by atoms with van der Waals surface area (Å²) in [5.41, 5.74) is 0.864. The molecule has 2 nitrogen and oxygen atoms in total. The molecule has 0 aliphatic heterocycles. The highest BCUT2D eigenvalue weighted by molar-refractivity contribution is 5.90. The quantitative estimate of drug-likeness (QED) is 0.610.